The Labute approximate surface area is 134 Å². The molecule has 3 rings (SSSR count). The van der Waals surface area contributed by atoms with Crippen molar-refractivity contribution in [2.45, 2.75) is 25.6 Å². The molecular weight excluding hydrogens is 304 g/mol. The first-order valence-corrected chi connectivity index (χ1v) is 7.51. The van der Waals surface area contributed by atoms with Gasteiger partial charge in [-0.15, -0.1) is 0 Å². The zero-order valence-corrected chi connectivity index (χ0v) is 13.5. The van der Waals surface area contributed by atoms with Crippen LogP contribution in [0.3, 0.4) is 0 Å². The van der Waals surface area contributed by atoms with Gasteiger partial charge in [-0.1, -0.05) is 0 Å². The van der Waals surface area contributed by atoms with Crippen molar-refractivity contribution < 1.29 is 19.0 Å². The normalized spacial score (nSPS) is 28.6. The van der Waals surface area contributed by atoms with Crippen molar-refractivity contribution in [1.29, 1.82) is 0 Å². The number of benzene rings is 1. The third-order valence-electron chi connectivity index (χ3n) is 3.99. The topological polar surface area (TPSA) is 68.8 Å². The summed E-state index contributed by atoms with van der Waals surface area (Å²) in [6.45, 7) is 3.90. The molecule has 2 N–H and O–H groups in total. The molecule has 6 nitrogen and oxygen atoms in total. The summed E-state index contributed by atoms with van der Waals surface area (Å²) in [5, 5.41) is 6.65. The van der Waals surface area contributed by atoms with Gasteiger partial charge in [-0.3, -0.25) is 4.79 Å². The van der Waals surface area contributed by atoms with E-state index in [1.807, 2.05) is 25.1 Å². The van der Waals surface area contributed by atoms with Crippen molar-refractivity contribution in [2.24, 2.45) is 5.92 Å². The van der Waals surface area contributed by atoms with E-state index < -0.39 is 11.6 Å². The fraction of sp³-hybridized carbons (Fsp3) is 0.467. The number of thiocarbonyl (C=S) groups is 1. The van der Waals surface area contributed by atoms with E-state index in [2.05, 4.69) is 10.6 Å². The van der Waals surface area contributed by atoms with Gasteiger partial charge in [0.1, 0.15) is 17.4 Å². The lowest BCUT2D eigenvalue weighted by Gasteiger charge is -2.50. The van der Waals surface area contributed by atoms with Gasteiger partial charge in [0.2, 0.25) is 0 Å². The van der Waals surface area contributed by atoms with Gasteiger partial charge >= 0.3 is 5.97 Å². The molecule has 1 aromatic carbocycles. The molecule has 7 heteroatoms. The summed E-state index contributed by atoms with van der Waals surface area (Å²) in [6.07, 6.45) is 0. The second-order valence-electron chi connectivity index (χ2n) is 5.42. The number of hydrogen-bond acceptors (Lipinski definition) is 5. The van der Waals surface area contributed by atoms with Crippen LogP contribution >= 0.6 is 12.2 Å². The van der Waals surface area contributed by atoms with Gasteiger partial charge in [-0.05, 0) is 44.3 Å². The lowest BCUT2D eigenvalue weighted by atomic mass is 9.80. The fourth-order valence-corrected chi connectivity index (χ4v) is 3.37. The van der Waals surface area contributed by atoms with Crippen LogP contribution < -0.4 is 20.1 Å². The highest BCUT2D eigenvalue weighted by Crippen LogP contribution is 2.46. The first kappa shape index (κ1) is 14.9. The standard InChI is InChI=1S/C15H18N2O4S/c1-4-20-13(18)11-12-9-7-8(19-3)5-6-10(9)21-15(11,2)17-14(22)16-12/h5-7,11-12H,4H2,1-3H3,(H2,16,17,22)/t11-,12+,15+/m1/s1. The molecule has 3 atom stereocenters. The third kappa shape index (κ3) is 2.25. The smallest absolute Gasteiger partial charge is 0.317 e. The second kappa shape index (κ2) is 5.31. The van der Waals surface area contributed by atoms with Crippen molar-refractivity contribution >= 4 is 23.3 Å². The van der Waals surface area contributed by atoms with Gasteiger partial charge in [-0.2, -0.15) is 0 Å². The molecule has 0 saturated carbocycles. The van der Waals surface area contributed by atoms with Crippen LogP contribution in [-0.2, 0) is 9.53 Å². The Morgan fingerprint density at radius 2 is 2.27 bits per heavy atom. The fourth-order valence-electron chi connectivity index (χ4n) is 3.04. The lowest BCUT2D eigenvalue weighted by molar-refractivity contribution is -0.162. The molecule has 2 aliphatic heterocycles. The monoisotopic (exact) mass is 322 g/mol. The molecule has 22 heavy (non-hydrogen) atoms. The van der Waals surface area contributed by atoms with Gasteiger partial charge in [-0.25, -0.2) is 0 Å². The summed E-state index contributed by atoms with van der Waals surface area (Å²) in [5.74, 6) is 0.501. The Hall–Kier alpha value is -2.02. The molecule has 2 heterocycles. The van der Waals surface area contributed by atoms with Crippen LogP contribution in [0, 0.1) is 5.92 Å². The van der Waals surface area contributed by atoms with Gasteiger partial charge < -0.3 is 24.8 Å². The van der Waals surface area contributed by atoms with E-state index in [9.17, 15) is 4.79 Å². The molecule has 0 unspecified atom stereocenters. The SMILES string of the molecule is CCOC(=O)[C@H]1[C@H]2NC(=S)N[C@@]1(C)Oc1ccc(OC)cc12. The lowest BCUT2D eigenvalue weighted by Crippen LogP contribution is -2.70. The first-order chi connectivity index (χ1) is 10.5. The number of esters is 1. The minimum absolute atomic E-state index is 0.313. The number of rotatable bonds is 3. The molecule has 1 aromatic rings. The van der Waals surface area contributed by atoms with Crippen LogP contribution in [0.4, 0.5) is 0 Å². The molecule has 1 saturated heterocycles. The number of carbonyl (C=O) groups is 1. The zero-order valence-electron chi connectivity index (χ0n) is 12.6. The first-order valence-electron chi connectivity index (χ1n) is 7.10. The number of hydrogen-bond donors (Lipinski definition) is 2. The van der Waals surface area contributed by atoms with Gasteiger partial charge in [0.25, 0.3) is 0 Å². The van der Waals surface area contributed by atoms with Crippen molar-refractivity contribution in [3.63, 3.8) is 0 Å². The molecule has 118 valence electrons. The van der Waals surface area contributed by atoms with Crippen LogP contribution in [0.15, 0.2) is 18.2 Å². The summed E-state index contributed by atoms with van der Waals surface area (Å²) in [7, 11) is 1.60. The third-order valence-corrected chi connectivity index (χ3v) is 4.21. The quantitative estimate of drug-likeness (QED) is 0.645. The van der Waals surface area contributed by atoms with E-state index in [-0.39, 0.29) is 12.0 Å². The largest absolute Gasteiger partial charge is 0.497 e. The maximum absolute atomic E-state index is 12.4. The zero-order chi connectivity index (χ0) is 15.9. The Balaban J connectivity index is 2.09. The predicted molar refractivity (Wildman–Crippen MR) is 83.8 cm³/mol. The Morgan fingerprint density at radius 1 is 1.50 bits per heavy atom. The summed E-state index contributed by atoms with van der Waals surface area (Å²) in [5.41, 5.74) is -0.111. The molecule has 2 bridgehead atoms. The van der Waals surface area contributed by atoms with Gasteiger partial charge in [0, 0.05) is 5.56 Å². The minimum atomic E-state index is -0.944. The summed E-state index contributed by atoms with van der Waals surface area (Å²) < 4.78 is 16.5. The van der Waals surface area contributed by atoms with Crippen molar-refractivity contribution in [3.8, 4) is 11.5 Å². The number of fused-ring (bicyclic) bond motifs is 4. The Morgan fingerprint density at radius 3 is 2.95 bits per heavy atom. The number of ether oxygens (including phenoxy) is 3. The number of carbonyl (C=O) groups excluding carboxylic acids is 1. The van der Waals surface area contributed by atoms with E-state index in [0.29, 0.717) is 23.2 Å². The highest BCUT2D eigenvalue weighted by atomic mass is 32.1. The number of nitrogens with one attached hydrogen (secondary N) is 2. The van der Waals surface area contributed by atoms with Crippen LogP contribution in [0.1, 0.15) is 25.5 Å². The average Bonchev–Trinajstić information content (AvgIpc) is 2.45. The molecule has 0 aliphatic carbocycles. The molecule has 0 aromatic heterocycles. The van der Waals surface area contributed by atoms with E-state index in [4.69, 9.17) is 26.4 Å². The Kier molecular flexibility index (Phi) is 3.60. The minimum Gasteiger partial charge on any atom is -0.497 e. The highest BCUT2D eigenvalue weighted by molar-refractivity contribution is 7.80. The van der Waals surface area contributed by atoms with Gasteiger partial charge in [0.15, 0.2) is 10.8 Å². The molecule has 1 fully saturated rings. The van der Waals surface area contributed by atoms with E-state index >= 15 is 0 Å². The Bertz CT molecular complexity index is 636. The molecule has 2 aliphatic rings. The van der Waals surface area contributed by atoms with E-state index in [1.165, 1.54) is 0 Å². The summed E-state index contributed by atoms with van der Waals surface area (Å²) >= 11 is 5.24. The molecule has 0 amide bonds. The van der Waals surface area contributed by atoms with Crippen LogP contribution in [0.25, 0.3) is 0 Å². The van der Waals surface area contributed by atoms with Crippen LogP contribution in [-0.4, -0.2) is 30.5 Å². The van der Waals surface area contributed by atoms with E-state index in [0.717, 1.165) is 5.56 Å². The molecular formula is C15H18N2O4S. The maximum Gasteiger partial charge on any atom is 0.317 e. The molecule has 0 spiro atoms. The van der Waals surface area contributed by atoms with Crippen molar-refractivity contribution in [3.05, 3.63) is 23.8 Å². The number of methoxy groups -OCH3 is 1. The molecule has 0 radical (unpaired) electrons. The second-order valence-corrected chi connectivity index (χ2v) is 5.83. The highest BCUT2D eigenvalue weighted by Gasteiger charge is 2.55. The van der Waals surface area contributed by atoms with Crippen molar-refractivity contribution in [1.82, 2.24) is 10.6 Å². The maximum atomic E-state index is 12.4. The predicted octanol–water partition coefficient (Wildman–Crippen LogP) is 1.50. The van der Waals surface area contributed by atoms with Gasteiger partial charge in [0.05, 0.1) is 19.8 Å². The van der Waals surface area contributed by atoms with Crippen molar-refractivity contribution in [2.75, 3.05) is 13.7 Å². The van der Waals surface area contributed by atoms with E-state index in [1.54, 1.807) is 14.0 Å². The summed E-state index contributed by atoms with van der Waals surface area (Å²) in [6, 6.07) is 5.18. The van der Waals surface area contributed by atoms with Crippen LogP contribution in [0.5, 0.6) is 11.5 Å². The van der Waals surface area contributed by atoms with Crippen LogP contribution in [0.2, 0.25) is 0 Å². The average molecular weight is 322 g/mol. The summed E-state index contributed by atoms with van der Waals surface area (Å²) in [4.78, 5) is 12.4.